The fourth-order valence-corrected chi connectivity index (χ4v) is 4.44. The van der Waals surface area contributed by atoms with Crippen molar-refractivity contribution in [3.63, 3.8) is 0 Å². The Morgan fingerprint density at radius 1 is 1.03 bits per heavy atom. The van der Waals surface area contributed by atoms with E-state index in [0.717, 1.165) is 49.0 Å². The van der Waals surface area contributed by atoms with Crippen molar-refractivity contribution in [2.45, 2.75) is 31.5 Å². The van der Waals surface area contributed by atoms with Crippen LogP contribution in [0.4, 0.5) is 4.39 Å². The number of benzene rings is 3. The minimum atomic E-state index is -0.600. The molecule has 1 atom stereocenters. The van der Waals surface area contributed by atoms with Crippen LogP contribution in [0.1, 0.15) is 40.7 Å². The molecule has 3 nitrogen and oxygen atoms in total. The fraction of sp³-hybridized carbons (Fsp3) is 0.296. The van der Waals surface area contributed by atoms with Crippen molar-refractivity contribution in [3.05, 3.63) is 106 Å². The van der Waals surface area contributed by atoms with E-state index in [1.54, 1.807) is 0 Å². The smallest absolute Gasteiger partial charge is 0.123 e. The van der Waals surface area contributed by atoms with E-state index < -0.39 is 5.60 Å². The van der Waals surface area contributed by atoms with Crippen LogP contribution in [-0.4, -0.2) is 25.0 Å². The maximum absolute atomic E-state index is 13.6. The van der Waals surface area contributed by atoms with Gasteiger partial charge in [0, 0.05) is 6.54 Å². The molecular formula is C27H27FN2O. The molecule has 0 N–H and O–H groups in total. The summed E-state index contributed by atoms with van der Waals surface area (Å²) in [4.78, 5) is 2.35. The summed E-state index contributed by atoms with van der Waals surface area (Å²) in [6.45, 7) is 2.41. The number of hydrogen-bond donors (Lipinski definition) is 0. The highest BCUT2D eigenvalue weighted by molar-refractivity contribution is 5.47. The summed E-state index contributed by atoms with van der Waals surface area (Å²) < 4.78 is 20.0. The number of rotatable bonds is 8. The van der Waals surface area contributed by atoms with Crippen LogP contribution >= 0.6 is 0 Å². The zero-order valence-corrected chi connectivity index (χ0v) is 17.9. The highest BCUT2D eigenvalue weighted by atomic mass is 19.1. The number of ether oxygens (including phenoxy) is 1. The maximum atomic E-state index is 13.6. The Kier molecular flexibility index (Phi) is 6.46. The van der Waals surface area contributed by atoms with E-state index in [9.17, 15) is 9.65 Å². The summed E-state index contributed by atoms with van der Waals surface area (Å²) in [7, 11) is 2.15. The Hall–Kier alpha value is -3.00. The summed E-state index contributed by atoms with van der Waals surface area (Å²) in [5, 5.41) is 9.24. The van der Waals surface area contributed by atoms with Crippen LogP contribution in [0.3, 0.4) is 0 Å². The van der Waals surface area contributed by atoms with Gasteiger partial charge in [0.1, 0.15) is 11.4 Å². The molecule has 0 saturated carbocycles. The normalized spacial score (nSPS) is 17.5. The van der Waals surface area contributed by atoms with Crippen molar-refractivity contribution in [1.29, 1.82) is 5.26 Å². The van der Waals surface area contributed by atoms with Crippen LogP contribution in [0.2, 0.25) is 0 Å². The van der Waals surface area contributed by atoms with E-state index in [2.05, 4.69) is 42.3 Å². The summed E-state index contributed by atoms with van der Waals surface area (Å²) in [5.41, 5.74) is 4.48. The van der Waals surface area contributed by atoms with Gasteiger partial charge >= 0.3 is 0 Å². The van der Waals surface area contributed by atoms with Gasteiger partial charge in [-0.05, 0) is 79.4 Å². The van der Waals surface area contributed by atoms with Gasteiger partial charge in [-0.15, -0.1) is 0 Å². The number of nitriles is 1. The second-order valence-electron chi connectivity index (χ2n) is 8.25. The third kappa shape index (κ3) is 4.69. The van der Waals surface area contributed by atoms with Crippen LogP contribution < -0.4 is 0 Å². The molecule has 3 aromatic carbocycles. The fourth-order valence-electron chi connectivity index (χ4n) is 4.44. The van der Waals surface area contributed by atoms with Crippen LogP contribution in [0.25, 0.3) is 0 Å². The molecule has 0 aromatic heterocycles. The van der Waals surface area contributed by atoms with Gasteiger partial charge in [0.25, 0.3) is 0 Å². The zero-order chi connectivity index (χ0) is 21.7. The number of nitrogens with zero attached hydrogens (tertiary/aromatic N) is 2. The molecule has 1 aliphatic heterocycles. The second kappa shape index (κ2) is 9.43. The predicted molar refractivity (Wildman–Crippen MR) is 120 cm³/mol. The van der Waals surface area contributed by atoms with Crippen molar-refractivity contribution in [2.75, 3.05) is 20.1 Å². The molecule has 0 bridgehead atoms. The van der Waals surface area contributed by atoms with Gasteiger partial charge in [0.05, 0.1) is 18.2 Å². The van der Waals surface area contributed by atoms with Crippen LogP contribution in [0.5, 0.6) is 0 Å². The first-order valence-electron chi connectivity index (χ1n) is 10.8. The Morgan fingerprint density at radius 2 is 1.81 bits per heavy atom. The zero-order valence-electron chi connectivity index (χ0n) is 17.9. The highest BCUT2D eigenvalue weighted by Crippen LogP contribution is 2.45. The third-order valence-electron chi connectivity index (χ3n) is 6.15. The van der Waals surface area contributed by atoms with Crippen molar-refractivity contribution in [2.24, 2.45) is 0 Å². The topological polar surface area (TPSA) is 36.3 Å². The Balaban J connectivity index is 1.48. The van der Waals surface area contributed by atoms with Crippen molar-refractivity contribution in [3.8, 4) is 6.07 Å². The lowest BCUT2D eigenvalue weighted by atomic mass is 9.81. The molecule has 158 valence electrons. The highest BCUT2D eigenvalue weighted by Gasteiger charge is 2.41. The molecule has 1 unspecified atom stereocenters. The molecule has 0 fully saturated rings. The van der Waals surface area contributed by atoms with Crippen LogP contribution in [0, 0.1) is 17.1 Å². The van der Waals surface area contributed by atoms with Gasteiger partial charge in [-0.25, -0.2) is 4.39 Å². The molecule has 1 heterocycles. The monoisotopic (exact) mass is 414 g/mol. The van der Waals surface area contributed by atoms with Gasteiger partial charge in [-0.3, -0.25) is 0 Å². The van der Waals surface area contributed by atoms with Gasteiger partial charge in [-0.1, -0.05) is 48.5 Å². The number of hydrogen-bond acceptors (Lipinski definition) is 3. The van der Waals surface area contributed by atoms with Crippen LogP contribution in [0.15, 0.2) is 72.8 Å². The van der Waals surface area contributed by atoms with E-state index >= 15 is 0 Å². The molecule has 0 saturated heterocycles. The van der Waals surface area contributed by atoms with E-state index in [4.69, 9.17) is 4.74 Å². The average molecular weight is 415 g/mol. The number of halogens is 1. The summed E-state index contributed by atoms with van der Waals surface area (Å²) >= 11 is 0. The van der Waals surface area contributed by atoms with Gasteiger partial charge in [0.15, 0.2) is 0 Å². The third-order valence-corrected chi connectivity index (χ3v) is 6.15. The van der Waals surface area contributed by atoms with Crippen molar-refractivity contribution < 1.29 is 9.13 Å². The molecule has 4 rings (SSSR count). The molecule has 31 heavy (non-hydrogen) atoms. The quantitative estimate of drug-likeness (QED) is 0.493. The summed E-state index contributed by atoms with van der Waals surface area (Å²) in [6, 6.07) is 25.1. The molecule has 3 aromatic rings. The number of likely N-dealkylation sites (N-methyl/N-ethyl adjacent to an activating group) is 1. The SMILES string of the molecule is CN(CCCC1(c2ccc(F)cc2)OCc2cc(C#N)ccc21)CCc1ccccc1. The standard InChI is InChI=1S/C27H27FN2O/c1-30(17-14-21-6-3-2-4-7-21)16-5-15-27(24-9-11-25(28)12-10-24)26-13-8-22(19-29)18-23(26)20-31-27/h2-4,6-13,18H,5,14-17,20H2,1H3. The molecule has 0 radical (unpaired) electrons. The lowest BCUT2D eigenvalue weighted by Crippen LogP contribution is -2.30. The van der Waals surface area contributed by atoms with Gasteiger partial charge in [-0.2, -0.15) is 5.26 Å². The number of fused-ring (bicyclic) bond motifs is 1. The van der Waals surface area contributed by atoms with E-state index in [-0.39, 0.29) is 5.82 Å². The molecule has 0 aliphatic carbocycles. The van der Waals surface area contributed by atoms with Crippen molar-refractivity contribution >= 4 is 0 Å². The minimum Gasteiger partial charge on any atom is -0.361 e. The van der Waals surface area contributed by atoms with E-state index in [1.165, 1.54) is 17.7 Å². The minimum absolute atomic E-state index is 0.252. The molecule has 1 aliphatic rings. The summed E-state index contributed by atoms with van der Waals surface area (Å²) in [6.07, 6.45) is 2.77. The largest absolute Gasteiger partial charge is 0.361 e. The van der Waals surface area contributed by atoms with E-state index in [1.807, 2.05) is 36.4 Å². The Morgan fingerprint density at radius 3 is 2.55 bits per heavy atom. The first kappa shape index (κ1) is 21.2. The lowest BCUT2D eigenvalue weighted by molar-refractivity contribution is -0.0142. The lowest BCUT2D eigenvalue weighted by Gasteiger charge is -2.31. The first-order valence-corrected chi connectivity index (χ1v) is 10.8. The van der Waals surface area contributed by atoms with E-state index in [0.29, 0.717) is 12.2 Å². The average Bonchev–Trinajstić information content (AvgIpc) is 3.17. The molecular weight excluding hydrogens is 387 g/mol. The molecule has 0 spiro atoms. The maximum Gasteiger partial charge on any atom is 0.123 e. The first-order chi connectivity index (χ1) is 15.1. The predicted octanol–water partition coefficient (Wildman–Crippen LogP) is 5.43. The molecule has 4 heteroatoms. The van der Waals surface area contributed by atoms with Crippen molar-refractivity contribution in [1.82, 2.24) is 4.90 Å². The Labute approximate surface area is 183 Å². The van der Waals surface area contributed by atoms with Gasteiger partial charge in [0.2, 0.25) is 0 Å². The van der Waals surface area contributed by atoms with Crippen LogP contribution in [-0.2, 0) is 23.4 Å². The van der Waals surface area contributed by atoms with Gasteiger partial charge < -0.3 is 9.64 Å². The Bertz CT molecular complexity index is 1060. The summed E-state index contributed by atoms with van der Waals surface area (Å²) in [5.74, 6) is -0.252. The second-order valence-corrected chi connectivity index (χ2v) is 8.25. The molecule has 0 amide bonds.